The van der Waals surface area contributed by atoms with E-state index in [-0.39, 0.29) is 94.4 Å². The average Bonchev–Trinajstić information content (AvgIpc) is 1.04. The van der Waals surface area contributed by atoms with Gasteiger partial charge >= 0.3 is 12.0 Å². The van der Waals surface area contributed by atoms with Crippen LogP contribution in [-0.4, -0.2) is 159 Å². The molecule has 2 aromatic rings. The zero-order valence-corrected chi connectivity index (χ0v) is 64.4. The van der Waals surface area contributed by atoms with Crippen LogP contribution in [-0.2, 0) is 49.6 Å². The number of benzene rings is 1. The molecule has 0 bridgehead atoms. The summed E-state index contributed by atoms with van der Waals surface area (Å²) in [7, 11) is 0. The van der Waals surface area contributed by atoms with Crippen molar-refractivity contribution in [2.45, 2.75) is 356 Å². The second kappa shape index (κ2) is 53.7. The molecule has 1 aromatic heterocycles. The first-order chi connectivity index (χ1) is 50.4. The molecule has 0 spiro atoms. The Morgan fingerprint density at radius 2 is 0.923 bits per heavy atom. The van der Waals surface area contributed by atoms with Crippen LogP contribution in [0.15, 0.2) is 30.5 Å². The van der Waals surface area contributed by atoms with Gasteiger partial charge in [0, 0.05) is 53.8 Å². The molecule has 0 saturated carbocycles. The minimum Gasteiger partial charge on any atom is -0.479 e. The molecule has 2 aliphatic rings. The number of carbonyl (C=O) groups excluding carboxylic acids is 9. The van der Waals surface area contributed by atoms with Crippen LogP contribution in [0.2, 0.25) is 0 Å². The monoisotopic (exact) mass is 1480 g/mol. The fraction of sp³-hybridized carbons (Fsp3) is 0.772. The fourth-order valence-corrected chi connectivity index (χ4v) is 16.0. The SMILES string of the molecule is CCCCCCCCCCCCCCCC(=O)C(C(=O)O)(C(=O)CCCCCCCCCCCCCCC)N(C(=O)CCCC[C@@H]1SC[C@@H]2NC(=O)N[C@@H]21)C(=O)[C@H](CCCCN)NC(=O)[C@H](CCCCN)NC(=O)[C@H](CCCCN)NC(=O)[C@H](Cc1c[nH]c2ccccc12)NC(=O)[C@@H](N)CCCCN. The second-order valence-corrected chi connectivity index (χ2v) is 30.6. The van der Waals surface area contributed by atoms with Crippen molar-refractivity contribution in [3.63, 3.8) is 0 Å². The summed E-state index contributed by atoms with van der Waals surface area (Å²) < 4.78 is 0. The number of amides is 8. The number of nitrogens with zero attached hydrogens (tertiary/aromatic N) is 1. The number of carbonyl (C=O) groups is 10. The molecule has 18 N–H and O–H groups in total. The smallest absolute Gasteiger partial charge is 0.345 e. The van der Waals surface area contributed by atoms with Crippen molar-refractivity contribution < 1.29 is 53.1 Å². The van der Waals surface area contributed by atoms with Gasteiger partial charge in [-0.2, -0.15) is 11.8 Å². The number of hydrogen-bond acceptors (Lipinski definition) is 16. The second-order valence-electron chi connectivity index (χ2n) is 29.3. The number of hydrogen-bond donors (Lipinski definition) is 13. The van der Waals surface area contributed by atoms with E-state index in [4.69, 9.17) is 28.7 Å². The van der Waals surface area contributed by atoms with E-state index in [9.17, 15) is 29.1 Å². The van der Waals surface area contributed by atoms with Crippen LogP contribution in [0.5, 0.6) is 0 Å². The molecule has 3 heterocycles. The number of unbranched alkanes of at least 4 members (excludes halogenated alkanes) is 29. The molecular weight excluding hydrogens is 1340 g/mol. The molecule has 0 aliphatic carbocycles. The highest BCUT2D eigenvalue weighted by Gasteiger charge is 2.61. The number of ketones is 2. The Balaban J connectivity index is 1.73. The van der Waals surface area contributed by atoms with E-state index in [1.807, 2.05) is 24.3 Å². The van der Waals surface area contributed by atoms with Gasteiger partial charge in [-0.05, 0) is 134 Å². The lowest BCUT2D eigenvalue weighted by Gasteiger charge is -2.39. The molecule has 2 aliphatic heterocycles. The number of aliphatic carboxylic acids is 1. The van der Waals surface area contributed by atoms with Crippen LogP contribution >= 0.6 is 11.8 Å². The number of thioether (sulfide) groups is 1. The number of carboxylic acids is 1. The third-order valence-corrected chi connectivity index (χ3v) is 22.3. The van der Waals surface area contributed by atoms with Crippen LogP contribution < -0.4 is 60.6 Å². The number of aromatic amines is 1. The molecule has 4 rings (SSSR count). The van der Waals surface area contributed by atoms with Crippen molar-refractivity contribution in [2.24, 2.45) is 28.7 Å². The summed E-state index contributed by atoms with van der Waals surface area (Å²) in [5.41, 5.74) is 28.3. The molecule has 24 nitrogen and oxygen atoms in total. The largest absolute Gasteiger partial charge is 0.479 e. The van der Waals surface area contributed by atoms with Crippen LogP contribution in [0.3, 0.4) is 0 Å². The van der Waals surface area contributed by atoms with Gasteiger partial charge in [-0.15, -0.1) is 0 Å². The Kier molecular flexibility index (Phi) is 46.7. The third-order valence-electron chi connectivity index (χ3n) is 20.8. The van der Waals surface area contributed by atoms with E-state index in [0.29, 0.717) is 99.8 Å². The Morgan fingerprint density at radius 1 is 0.510 bits per heavy atom. The highest BCUT2D eigenvalue weighted by molar-refractivity contribution is 8.00. The minimum absolute atomic E-state index is 0.00774. The lowest BCUT2D eigenvalue weighted by Crippen LogP contribution is -2.71. The van der Waals surface area contributed by atoms with Gasteiger partial charge in [0.25, 0.3) is 11.4 Å². The van der Waals surface area contributed by atoms with Crippen molar-refractivity contribution >= 4 is 81.7 Å². The van der Waals surface area contributed by atoms with Crippen LogP contribution in [0, 0.1) is 0 Å². The van der Waals surface area contributed by atoms with Gasteiger partial charge in [-0.25, -0.2) is 14.5 Å². The number of nitrogens with one attached hydrogen (secondary N) is 7. The molecule has 8 atom stereocenters. The number of para-hydroxylation sites is 1. The Morgan fingerprint density at radius 3 is 1.39 bits per heavy atom. The zero-order chi connectivity index (χ0) is 75.7. The normalized spacial score (nSPS) is 16.4. The van der Waals surface area contributed by atoms with Crippen molar-refractivity contribution in [2.75, 3.05) is 31.9 Å². The maximum Gasteiger partial charge on any atom is 0.345 e. The van der Waals surface area contributed by atoms with Gasteiger partial charge in [0.1, 0.15) is 24.2 Å². The first kappa shape index (κ1) is 90.4. The summed E-state index contributed by atoms with van der Waals surface area (Å²) >= 11 is 1.69. The third kappa shape index (κ3) is 32.2. The van der Waals surface area contributed by atoms with Crippen molar-refractivity contribution in [3.8, 4) is 0 Å². The van der Waals surface area contributed by atoms with Gasteiger partial charge < -0.3 is 70.7 Å². The summed E-state index contributed by atoms with van der Waals surface area (Å²) in [6, 6.07) is 0.407. The highest BCUT2D eigenvalue weighted by Crippen LogP contribution is 2.35. The molecule has 25 heteroatoms. The van der Waals surface area contributed by atoms with E-state index >= 15 is 24.0 Å². The van der Waals surface area contributed by atoms with Gasteiger partial charge in [-0.1, -0.05) is 199 Å². The summed E-state index contributed by atoms with van der Waals surface area (Å²) in [4.78, 5) is 152. The van der Waals surface area contributed by atoms with Crippen molar-refractivity contribution in [3.05, 3.63) is 36.0 Å². The summed E-state index contributed by atoms with van der Waals surface area (Å²) in [5, 5.41) is 29.9. The van der Waals surface area contributed by atoms with Crippen LogP contribution in [0.1, 0.15) is 302 Å². The Bertz CT molecular complexity index is 2800. The van der Waals surface area contributed by atoms with E-state index in [1.54, 1.807) is 18.0 Å². The average molecular weight is 1480 g/mol. The summed E-state index contributed by atoms with van der Waals surface area (Å²) in [5.74, 6) is -8.68. The van der Waals surface area contributed by atoms with E-state index in [0.717, 1.165) is 75.1 Å². The number of imide groups is 1. The molecule has 590 valence electrons. The standard InChI is InChI=1S/C79H137N13O11S/c1-3-5-7-9-11-13-15-17-19-21-23-25-27-48-68(93)79(77(101)102,69(94)49-28-26-24-22-20-18-16-14-12-10-8-6-4-2)92(70(95)50-32-31-47-67-71-66(57-104-67)90-78(103)91-71)76(100)64(46-36-40-54-83)88-74(98)63(45-35-39-53-82)86-73(97)62(44-34-38-52-81)87-75(99)65(89-72(96)60(84)42-33-37-51-80)55-58-56-85-61-43-30-29-41-59(58)61/h29-30,41,43,56,60,62-67,71,85H,3-28,31-40,42,44-55,57,80-84H2,1-2H3,(H,86,97)(H,87,99)(H,88,98)(H,89,96)(H,101,102)(H2,90,91,103)/t60-,62-,63-,64-,65-,66-,67-,71-/m0/s1. The lowest BCUT2D eigenvalue weighted by molar-refractivity contribution is -0.175. The Hall–Kier alpha value is -5.99. The maximum atomic E-state index is 16.1. The zero-order valence-electron chi connectivity index (χ0n) is 63.6. The molecule has 2 fully saturated rings. The van der Waals surface area contributed by atoms with E-state index < -0.39 is 108 Å². The van der Waals surface area contributed by atoms with Gasteiger partial charge in [0.05, 0.1) is 18.1 Å². The quantitative estimate of drug-likeness (QED) is 0.0166. The number of aromatic nitrogens is 1. The van der Waals surface area contributed by atoms with Crippen molar-refractivity contribution in [1.29, 1.82) is 0 Å². The molecular formula is C79H137N13O11S. The molecule has 0 unspecified atom stereocenters. The van der Waals surface area contributed by atoms with Crippen LogP contribution in [0.25, 0.3) is 10.9 Å². The molecule has 1 aromatic carbocycles. The number of carboxylic acid groups (broad SMARTS) is 1. The number of Topliss-reactive ketones (excluding diaryl/α,β-unsaturated/α-hetero) is 2. The number of fused-ring (bicyclic) bond motifs is 2. The molecule has 8 amide bonds. The highest BCUT2D eigenvalue weighted by atomic mass is 32.2. The van der Waals surface area contributed by atoms with Gasteiger partial charge in [-0.3, -0.25) is 38.4 Å². The number of rotatable bonds is 64. The van der Waals surface area contributed by atoms with E-state index in [1.165, 1.54) is 77.0 Å². The van der Waals surface area contributed by atoms with Gasteiger partial charge in [0.15, 0.2) is 11.6 Å². The fourth-order valence-electron chi connectivity index (χ4n) is 14.5. The molecule has 2 saturated heterocycles. The lowest BCUT2D eigenvalue weighted by atomic mass is 9.80. The number of urea groups is 1. The number of nitrogens with two attached hydrogens (primary N) is 5. The van der Waals surface area contributed by atoms with Crippen molar-refractivity contribution in [1.82, 2.24) is 41.8 Å². The van der Waals surface area contributed by atoms with Gasteiger partial charge in [0.2, 0.25) is 29.5 Å². The minimum atomic E-state index is -3.29. The molecule has 104 heavy (non-hydrogen) atoms. The first-order valence-electron chi connectivity index (χ1n) is 40.6. The first-order valence-corrected chi connectivity index (χ1v) is 41.7. The Labute approximate surface area is 626 Å². The van der Waals surface area contributed by atoms with E-state index in [2.05, 4.69) is 50.7 Å². The van der Waals surface area contributed by atoms with Crippen LogP contribution in [0.4, 0.5) is 4.79 Å². The number of H-pyrrole nitrogens is 1. The predicted octanol–water partition coefficient (Wildman–Crippen LogP) is 10.5. The topological polar surface area (TPSA) is 412 Å². The molecule has 0 radical (unpaired) electrons. The summed E-state index contributed by atoms with van der Waals surface area (Å²) in [6.45, 7) is 5.49. The summed E-state index contributed by atoms with van der Waals surface area (Å²) in [6.07, 6.45) is 31.0. The maximum absolute atomic E-state index is 16.1. The predicted molar refractivity (Wildman–Crippen MR) is 416 cm³/mol.